The summed E-state index contributed by atoms with van der Waals surface area (Å²) in [6.07, 6.45) is 2.58. The third-order valence-electron chi connectivity index (χ3n) is 1.92. The maximum Gasteiger partial charge on any atom is 1.00 e. The Morgan fingerprint density at radius 3 is 2.64 bits per heavy atom. The molecule has 1 atom stereocenters. The number of hydrogen-bond donors (Lipinski definition) is 0. The molecule has 0 unspecified atom stereocenters. The molecule has 11 heavy (non-hydrogen) atoms. The third kappa shape index (κ3) is 4.04. The minimum atomic E-state index is 0. The summed E-state index contributed by atoms with van der Waals surface area (Å²) >= 11 is 9.82. The van der Waals surface area contributed by atoms with Crippen molar-refractivity contribution >= 4 is 29.2 Å². The van der Waals surface area contributed by atoms with E-state index in [1.807, 2.05) is 0 Å². The fraction of sp³-hybridized carbons (Fsp3) is 0.857. The van der Waals surface area contributed by atoms with Gasteiger partial charge in [-0.1, -0.05) is 11.2 Å². The first-order valence-corrected chi connectivity index (χ1v) is 4.47. The number of thiocarbonyl (C=S) groups is 1. The van der Waals surface area contributed by atoms with Crippen LogP contribution in [-0.4, -0.2) is 22.3 Å². The summed E-state index contributed by atoms with van der Waals surface area (Å²) < 4.78 is 0.645. The van der Waals surface area contributed by atoms with Gasteiger partial charge in [0.1, 0.15) is 0 Å². The van der Waals surface area contributed by atoms with E-state index in [9.17, 15) is 0 Å². The Kier molecular flexibility index (Phi) is 6.28. The van der Waals surface area contributed by atoms with Gasteiger partial charge in [0.2, 0.25) is 0 Å². The smallest absolute Gasteiger partial charge is 0.411 e. The molecule has 1 heterocycles. The first-order valence-electron chi connectivity index (χ1n) is 3.66. The maximum absolute atomic E-state index is 4.91. The largest absolute Gasteiger partial charge is 1.00 e. The fourth-order valence-electron chi connectivity index (χ4n) is 1.36. The summed E-state index contributed by atoms with van der Waals surface area (Å²) in [4.78, 5) is 2.12. The van der Waals surface area contributed by atoms with Crippen molar-refractivity contribution in [2.75, 3.05) is 13.1 Å². The van der Waals surface area contributed by atoms with Crippen molar-refractivity contribution in [2.24, 2.45) is 5.92 Å². The molecule has 1 aliphatic heterocycles. The molecule has 0 bridgehead atoms. The van der Waals surface area contributed by atoms with Gasteiger partial charge in [0, 0.05) is 13.1 Å². The summed E-state index contributed by atoms with van der Waals surface area (Å²) in [6, 6.07) is 0. The molecule has 1 saturated heterocycles. The van der Waals surface area contributed by atoms with Gasteiger partial charge in [-0.25, -0.2) is 0 Å². The number of rotatable bonds is 0. The van der Waals surface area contributed by atoms with Gasteiger partial charge in [0.15, 0.2) is 0 Å². The number of hydrogen-bond acceptors (Lipinski definition) is 2. The molecule has 0 radical (unpaired) electrons. The second-order valence-corrected chi connectivity index (χ2v) is 3.99. The summed E-state index contributed by atoms with van der Waals surface area (Å²) in [5.41, 5.74) is 0. The average molecular weight is 197 g/mol. The molecule has 1 nitrogen and oxygen atoms in total. The van der Waals surface area contributed by atoms with Crippen LogP contribution in [0.2, 0.25) is 0 Å². The van der Waals surface area contributed by atoms with Crippen molar-refractivity contribution in [2.45, 2.75) is 19.8 Å². The SMILES string of the molecule is C[C@@H]1CCCN(C(=S)[S-])C1.[Na+]. The number of likely N-dealkylation sites (tertiary alicyclic amines) is 1. The van der Waals surface area contributed by atoms with Gasteiger partial charge in [-0.2, -0.15) is 0 Å². The summed E-state index contributed by atoms with van der Waals surface area (Å²) in [5, 5.41) is 0. The van der Waals surface area contributed by atoms with Gasteiger partial charge in [-0.15, -0.1) is 0 Å². The van der Waals surface area contributed by atoms with E-state index in [1.54, 1.807) is 0 Å². The van der Waals surface area contributed by atoms with Gasteiger partial charge < -0.3 is 29.7 Å². The molecule has 0 amide bonds. The Morgan fingerprint density at radius 1 is 1.64 bits per heavy atom. The Bertz CT molecular complexity index is 140. The third-order valence-corrected chi connectivity index (χ3v) is 2.43. The van der Waals surface area contributed by atoms with Gasteiger partial charge in [-0.05, 0) is 18.8 Å². The molecule has 0 aliphatic carbocycles. The van der Waals surface area contributed by atoms with Gasteiger partial charge in [0.25, 0.3) is 0 Å². The van der Waals surface area contributed by atoms with Crippen LogP contribution in [0.5, 0.6) is 0 Å². The van der Waals surface area contributed by atoms with E-state index in [4.69, 9.17) is 24.8 Å². The number of piperidine rings is 1. The zero-order chi connectivity index (χ0) is 7.56. The predicted molar refractivity (Wildman–Crippen MR) is 49.9 cm³/mol. The molecule has 0 aromatic carbocycles. The van der Waals surface area contributed by atoms with Crippen molar-refractivity contribution in [1.82, 2.24) is 4.90 Å². The summed E-state index contributed by atoms with van der Waals surface area (Å²) in [6.45, 7) is 4.40. The van der Waals surface area contributed by atoms with Crippen LogP contribution in [-0.2, 0) is 12.6 Å². The molecule has 0 aromatic heterocycles. The molecule has 0 saturated carbocycles. The molecule has 1 rings (SSSR count). The topological polar surface area (TPSA) is 3.24 Å². The monoisotopic (exact) mass is 197 g/mol. The first kappa shape index (κ1) is 12.1. The standard InChI is InChI=1S/C7H13NS2.Na/c1-6-3-2-4-8(5-6)7(9)10;/h6H,2-5H2,1H3,(H,9,10);/q;+1/p-1/t6-;/m1./s1. The Labute approximate surface area is 102 Å². The quantitative estimate of drug-likeness (QED) is 0.266. The van der Waals surface area contributed by atoms with Crippen LogP contribution in [0, 0.1) is 5.92 Å². The van der Waals surface area contributed by atoms with E-state index >= 15 is 0 Å². The maximum atomic E-state index is 4.91. The van der Waals surface area contributed by atoms with Crippen LogP contribution in [0.15, 0.2) is 0 Å². The van der Waals surface area contributed by atoms with Gasteiger partial charge in [-0.3, -0.25) is 0 Å². The molecule has 0 spiro atoms. The second-order valence-electron chi connectivity index (χ2n) is 2.96. The molecular weight excluding hydrogens is 185 g/mol. The van der Waals surface area contributed by atoms with Crippen molar-refractivity contribution in [3.05, 3.63) is 0 Å². The van der Waals surface area contributed by atoms with E-state index in [2.05, 4.69) is 11.8 Å². The minimum Gasteiger partial charge on any atom is -0.411 e. The molecule has 58 valence electrons. The van der Waals surface area contributed by atoms with E-state index in [0.717, 1.165) is 19.0 Å². The minimum absolute atomic E-state index is 0. The zero-order valence-corrected chi connectivity index (χ0v) is 10.8. The van der Waals surface area contributed by atoms with Crippen LogP contribution < -0.4 is 29.6 Å². The van der Waals surface area contributed by atoms with Crippen LogP contribution in [0.25, 0.3) is 0 Å². The summed E-state index contributed by atoms with van der Waals surface area (Å²) in [5.74, 6) is 0.773. The van der Waals surface area contributed by atoms with Crippen LogP contribution in [0.4, 0.5) is 0 Å². The molecular formula is C7H12NNaS2. The van der Waals surface area contributed by atoms with E-state index in [0.29, 0.717) is 4.32 Å². The molecule has 1 aliphatic rings. The van der Waals surface area contributed by atoms with Crippen LogP contribution in [0.3, 0.4) is 0 Å². The second kappa shape index (κ2) is 5.70. The summed E-state index contributed by atoms with van der Waals surface area (Å²) in [7, 11) is 0. The zero-order valence-electron chi connectivity index (χ0n) is 7.17. The van der Waals surface area contributed by atoms with Crippen LogP contribution >= 0.6 is 12.2 Å². The van der Waals surface area contributed by atoms with Crippen molar-refractivity contribution in [1.29, 1.82) is 0 Å². The van der Waals surface area contributed by atoms with E-state index in [1.165, 1.54) is 12.8 Å². The normalized spacial score (nSPS) is 24.1. The predicted octanol–water partition coefficient (Wildman–Crippen LogP) is -1.45. The van der Waals surface area contributed by atoms with Crippen molar-refractivity contribution in [3.63, 3.8) is 0 Å². The molecule has 4 heteroatoms. The van der Waals surface area contributed by atoms with Crippen molar-refractivity contribution < 1.29 is 29.6 Å². The molecule has 1 fully saturated rings. The molecule has 0 N–H and O–H groups in total. The first-order chi connectivity index (χ1) is 4.70. The Balaban J connectivity index is 0.000001000. The van der Waals surface area contributed by atoms with Gasteiger partial charge in [0.05, 0.1) is 0 Å². The Hall–Kier alpha value is 1.11. The molecule has 0 aromatic rings. The van der Waals surface area contributed by atoms with E-state index in [-0.39, 0.29) is 29.6 Å². The number of nitrogens with zero attached hydrogens (tertiary/aromatic N) is 1. The van der Waals surface area contributed by atoms with Crippen LogP contribution in [0.1, 0.15) is 19.8 Å². The van der Waals surface area contributed by atoms with E-state index < -0.39 is 0 Å². The van der Waals surface area contributed by atoms with Gasteiger partial charge >= 0.3 is 29.6 Å². The fourth-order valence-corrected chi connectivity index (χ4v) is 1.69. The van der Waals surface area contributed by atoms with Crippen molar-refractivity contribution in [3.8, 4) is 0 Å². The Morgan fingerprint density at radius 2 is 2.27 bits per heavy atom. The average Bonchev–Trinajstić information content (AvgIpc) is 1.88.